The van der Waals surface area contributed by atoms with E-state index in [4.69, 9.17) is 0 Å². The normalized spacial score (nSPS) is 10.8. The lowest BCUT2D eigenvalue weighted by Crippen LogP contribution is -1.93. The van der Waals surface area contributed by atoms with Gasteiger partial charge in [-0.15, -0.1) is 0 Å². The predicted octanol–water partition coefficient (Wildman–Crippen LogP) is 5.28. The molecule has 0 N–H and O–H groups in total. The van der Waals surface area contributed by atoms with Gasteiger partial charge in [0.25, 0.3) is 0 Å². The first-order valence-corrected chi connectivity index (χ1v) is 8.10. The van der Waals surface area contributed by atoms with Gasteiger partial charge in [0.2, 0.25) is 0 Å². The van der Waals surface area contributed by atoms with E-state index >= 15 is 0 Å². The van der Waals surface area contributed by atoms with Crippen LogP contribution in [0.25, 0.3) is 22.3 Å². The van der Waals surface area contributed by atoms with Crippen LogP contribution in [0, 0.1) is 18.6 Å². The average molecular weight is 321 g/mol. The Balaban J connectivity index is 1.94. The summed E-state index contributed by atoms with van der Waals surface area (Å²) in [6, 6.07) is 19.8. The summed E-state index contributed by atoms with van der Waals surface area (Å²) in [6.45, 7) is 1.56. The molecule has 0 aliphatic carbocycles. The van der Waals surface area contributed by atoms with Crippen LogP contribution >= 0.6 is 0 Å². The molecule has 0 aliphatic rings. The molecule has 113 valence electrons. The number of aryl methyl sites for hydroxylation is 1. The number of rotatable bonds is 3. The van der Waals surface area contributed by atoms with Gasteiger partial charge in [-0.3, -0.25) is 0 Å². The molecule has 0 atom stereocenters. The van der Waals surface area contributed by atoms with Gasteiger partial charge in [-0.05, 0) is 35.2 Å². The standard InChI is InChI=1S/C20H15F2Si/c1-13-2-11-18(20(22)19(13)21)17-9-7-16(8-10-17)15-5-3-14(12-23)4-6-15/h2-11H,12H2,1H3. The molecule has 3 rings (SSSR count). The van der Waals surface area contributed by atoms with Crippen LogP contribution in [0.15, 0.2) is 60.7 Å². The molecule has 0 unspecified atom stereocenters. The van der Waals surface area contributed by atoms with E-state index in [1.54, 1.807) is 19.1 Å². The highest BCUT2D eigenvalue weighted by atomic mass is 28.1. The largest absolute Gasteiger partial charge is 0.203 e. The second-order valence-corrected chi connectivity index (χ2v) is 5.86. The van der Waals surface area contributed by atoms with Crippen molar-refractivity contribution in [1.29, 1.82) is 0 Å². The van der Waals surface area contributed by atoms with E-state index in [9.17, 15) is 8.78 Å². The van der Waals surface area contributed by atoms with Crippen LogP contribution in [0.4, 0.5) is 8.78 Å². The maximum absolute atomic E-state index is 14.1. The summed E-state index contributed by atoms with van der Waals surface area (Å²) in [5.41, 5.74) is 4.61. The van der Waals surface area contributed by atoms with Crippen molar-refractivity contribution in [3.05, 3.63) is 83.4 Å². The molecule has 0 fully saturated rings. The number of hydrogen-bond donors (Lipinski definition) is 0. The molecular formula is C20H15F2Si. The molecule has 0 saturated carbocycles. The van der Waals surface area contributed by atoms with E-state index in [0.29, 0.717) is 11.1 Å². The highest BCUT2D eigenvalue weighted by Crippen LogP contribution is 2.28. The van der Waals surface area contributed by atoms with Crippen LogP contribution in [-0.4, -0.2) is 10.2 Å². The lowest BCUT2D eigenvalue weighted by atomic mass is 9.98. The van der Waals surface area contributed by atoms with Crippen molar-refractivity contribution >= 4 is 10.2 Å². The third-order valence-electron chi connectivity index (χ3n) is 3.96. The lowest BCUT2D eigenvalue weighted by molar-refractivity contribution is 0.505. The number of halogens is 2. The zero-order valence-corrected chi connectivity index (χ0v) is 13.7. The van der Waals surface area contributed by atoms with Crippen LogP contribution in [0.2, 0.25) is 0 Å². The third kappa shape index (κ3) is 3.10. The van der Waals surface area contributed by atoms with Crippen molar-refractivity contribution in [2.24, 2.45) is 0 Å². The number of hydrogen-bond acceptors (Lipinski definition) is 0. The van der Waals surface area contributed by atoms with Gasteiger partial charge in [0.1, 0.15) is 0 Å². The summed E-state index contributed by atoms with van der Waals surface area (Å²) < 4.78 is 27.8. The van der Waals surface area contributed by atoms with E-state index in [2.05, 4.69) is 34.5 Å². The van der Waals surface area contributed by atoms with E-state index in [1.807, 2.05) is 24.3 Å². The van der Waals surface area contributed by atoms with E-state index in [1.165, 1.54) is 5.56 Å². The molecule has 3 radical (unpaired) electrons. The highest BCUT2D eigenvalue weighted by molar-refractivity contribution is 6.08. The molecule has 0 amide bonds. The molecule has 0 nitrogen and oxygen atoms in total. The summed E-state index contributed by atoms with van der Waals surface area (Å²) in [5, 5.41) is 0. The van der Waals surface area contributed by atoms with Gasteiger partial charge in [0.15, 0.2) is 11.6 Å². The zero-order valence-electron chi connectivity index (χ0n) is 12.7. The van der Waals surface area contributed by atoms with Crippen molar-refractivity contribution in [3.8, 4) is 22.3 Å². The van der Waals surface area contributed by atoms with Crippen LogP contribution in [0.1, 0.15) is 11.1 Å². The first-order valence-electron chi connectivity index (χ1n) is 7.39. The molecule has 0 bridgehead atoms. The van der Waals surface area contributed by atoms with Gasteiger partial charge in [-0.25, -0.2) is 8.78 Å². The Bertz CT molecular complexity index is 822. The minimum absolute atomic E-state index is 0.286. The molecule has 3 aromatic rings. The maximum atomic E-state index is 14.1. The average Bonchev–Trinajstić information content (AvgIpc) is 2.60. The Labute approximate surface area is 138 Å². The quantitative estimate of drug-likeness (QED) is 0.576. The van der Waals surface area contributed by atoms with Gasteiger partial charge >= 0.3 is 0 Å². The van der Waals surface area contributed by atoms with Crippen LogP contribution in [-0.2, 0) is 6.04 Å². The molecule has 0 aliphatic heterocycles. The topological polar surface area (TPSA) is 0 Å². The summed E-state index contributed by atoms with van der Waals surface area (Å²) in [5.74, 6) is -1.57. The molecular weight excluding hydrogens is 306 g/mol. The van der Waals surface area contributed by atoms with Crippen molar-refractivity contribution in [2.75, 3.05) is 0 Å². The van der Waals surface area contributed by atoms with Crippen LogP contribution in [0.3, 0.4) is 0 Å². The molecule has 23 heavy (non-hydrogen) atoms. The van der Waals surface area contributed by atoms with Crippen molar-refractivity contribution in [1.82, 2.24) is 0 Å². The van der Waals surface area contributed by atoms with Gasteiger partial charge < -0.3 is 0 Å². The Morgan fingerprint density at radius 2 is 1.22 bits per heavy atom. The van der Waals surface area contributed by atoms with Crippen LogP contribution in [0.5, 0.6) is 0 Å². The molecule has 0 heterocycles. The minimum atomic E-state index is -0.792. The molecule has 0 aromatic heterocycles. The first kappa shape index (κ1) is 15.6. The molecule has 3 aromatic carbocycles. The molecule has 3 heteroatoms. The lowest BCUT2D eigenvalue weighted by Gasteiger charge is -2.08. The molecule has 0 spiro atoms. The van der Waals surface area contributed by atoms with E-state index in [-0.39, 0.29) is 5.56 Å². The fourth-order valence-electron chi connectivity index (χ4n) is 2.53. The summed E-state index contributed by atoms with van der Waals surface area (Å²) in [6.07, 6.45) is 0. The first-order chi connectivity index (χ1) is 11.1. The zero-order chi connectivity index (χ0) is 16.4. The van der Waals surface area contributed by atoms with Crippen molar-refractivity contribution < 1.29 is 8.78 Å². The second-order valence-electron chi connectivity index (χ2n) is 5.51. The van der Waals surface area contributed by atoms with Crippen molar-refractivity contribution in [2.45, 2.75) is 13.0 Å². The summed E-state index contributed by atoms with van der Waals surface area (Å²) in [7, 11) is 3.47. The second kappa shape index (κ2) is 6.47. The van der Waals surface area contributed by atoms with Crippen molar-refractivity contribution in [3.63, 3.8) is 0 Å². The Kier molecular flexibility index (Phi) is 4.39. The monoisotopic (exact) mass is 321 g/mol. The fraction of sp³-hybridized carbons (Fsp3) is 0.100. The SMILES string of the molecule is Cc1ccc(-c2ccc(-c3ccc(C[Si])cc3)cc2)c(F)c1F. The maximum Gasteiger partial charge on any atom is 0.166 e. The minimum Gasteiger partial charge on any atom is -0.203 e. The van der Waals surface area contributed by atoms with E-state index < -0.39 is 11.6 Å². The van der Waals surface area contributed by atoms with Gasteiger partial charge in [0, 0.05) is 15.8 Å². The third-order valence-corrected chi connectivity index (χ3v) is 4.37. The predicted molar refractivity (Wildman–Crippen MR) is 91.4 cm³/mol. The van der Waals surface area contributed by atoms with Gasteiger partial charge in [-0.1, -0.05) is 66.2 Å². The van der Waals surface area contributed by atoms with Gasteiger partial charge in [0.05, 0.1) is 0 Å². The van der Waals surface area contributed by atoms with Crippen LogP contribution < -0.4 is 0 Å². The summed E-state index contributed by atoms with van der Waals surface area (Å²) in [4.78, 5) is 0. The van der Waals surface area contributed by atoms with E-state index in [0.717, 1.165) is 17.2 Å². The van der Waals surface area contributed by atoms with Gasteiger partial charge in [-0.2, -0.15) is 0 Å². The summed E-state index contributed by atoms with van der Waals surface area (Å²) >= 11 is 0. The Morgan fingerprint density at radius 1 is 0.696 bits per heavy atom. The Hall–Kier alpha value is -2.26. The smallest absolute Gasteiger partial charge is 0.166 e. The Morgan fingerprint density at radius 3 is 1.78 bits per heavy atom. The number of benzene rings is 3. The highest BCUT2D eigenvalue weighted by Gasteiger charge is 2.12. The molecule has 0 saturated heterocycles. The fourth-order valence-corrected chi connectivity index (χ4v) is 2.76.